The van der Waals surface area contributed by atoms with E-state index in [1.165, 1.54) is 6.07 Å². The highest BCUT2D eigenvalue weighted by atomic mass is 32.2. The maximum absolute atomic E-state index is 11.6. The molecule has 0 aliphatic heterocycles. The number of nitrogens with two attached hydrogens (primary N) is 1. The number of benzene rings is 2. The molecule has 1 amide bonds. The molecule has 0 atom stereocenters. The van der Waals surface area contributed by atoms with E-state index in [4.69, 9.17) is 18.7 Å². The van der Waals surface area contributed by atoms with Gasteiger partial charge in [-0.1, -0.05) is 24.3 Å². The van der Waals surface area contributed by atoms with Gasteiger partial charge in [-0.15, -0.1) is 0 Å². The summed E-state index contributed by atoms with van der Waals surface area (Å²) in [6, 6.07) is 11.9. The molecule has 0 saturated heterocycles. The van der Waals surface area contributed by atoms with Gasteiger partial charge in [-0.3, -0.25) is 18.8 Å². The third-order valence-electron chi connectivity index (χ3n) is 3.75. The van der Waals surface area contributed by atoms with Gasteiger partial charge in [0.15, 0.2) is 0 Å². The highest BCUT2D eigenvalue weighted by Crippen LogP contribution is 2.29. The first-order valence-electron chi connectivity index (χ1n) is 9.18. The van der Waals surface area contributed by atoms with Crippen LogP contribution >= 0.6 is 0 Å². The van der Waals surface area contributed by atoms with Gasteiger partial charge in [0.2, 0.25) is 26.0 Å². The molecule has 0 fully saturated rings. The van der Waals surface area contributed by atoms with Crippen LogP contribution in [0.15, 0.2) is 42.5 Å². The number of anilines is 2. The molecule has 35 heavy (non-hydrogen) atoms. The number of rotatable bonds is 8. The number of aryl methyl sites for hydroxylation is 1. The van der Waals surface area contributed by atoms with Crippen molar-refractivity contribution in [2.75, 3.05) is 22.0 Å². The standard InChI is InChI=1S/C17H21N3O5S2.CHF3O3S/c1-26(22,23)19-15-9-14(10-16(11-15)20-27(2,24)25)13-5-3-4-12(8-13)6-7-17(18)21;2-1(3,4)8(5,6)7/h3-5,8-11,19-20H,6-7H2,1-2H3,(H2,18,21);(H,5,6,7). The Bertz CT molecular complexity index is 1340. The van der Waals surface area contributed by atoms with Crippen LogP contribution in [-0.4, -0.2) is 53.7 Å². The van der Waals surface area contributed by atoms with Gasteiger partial charge in [-0.2, -0.15) is 21.6 Å². The van der Waals surface area contributed by atoms with Crippen LogP contribution in [0.4, 0.5) is 24.5 Å². The Labute approximate surface area is 200 Å². The topological polar surface area (TPSA) is 190 Å². The lowest BCUT2D eigenvalue weighted by Crippen LogP contribution is -2.21. The van der Waals surface area contributed by atoms with E-state index in [2.05, 4.69) is 9.44 Å². The molecule has 2 aromatic carbocycles. The summed E-state index contributed by atoms with van der Waals surface area (Å²) in [7, 11) is -12.9. The lowest BCUT2D eigenvalue weighted by Gasteiger charge is -2.12. The molecule has 11 nitrogen and oxygen atoms in total. The Morgan fingerprint density at radius 1 is 0.886 bits per heavy atom. The van der Waals surface area contributed by atoms with E-state index in [0.29, 0.717) is 12.0 Å². The molecule has 2 aromatic rings. The normalized spacial score (nSPS) is 12.3. The number of sulfonamides is 2. The fraction of sp³-hybridized carbons (Fsp3) is 0.278. The van der Waals surface area contributed by atoms with E-state index in [1.807, 2.05) is 12.1 Å². The summed E-state index contributed by atoms with van der Waals surface area (Å²) in [4.78, 5) is 11.0. The zero-order valence-electron chi connectivity index (χ0n) is 18.2. The van der Waals surface area contributed by atoms with Gasteiger partial charge in [-0.25, -0.2) is 16.8 Å². The number of carbonyl (C=O) groups is 1. The van der Waals surface area contributed by atoms with Gasteiger partial charge in [0, 0.05) is 6.42 Å². The van der Waals surface area contributed by atoms with Crippen LogP contribution < -0.4 is 15.2 Å². The lowest BCUT2D eigenvalue weighted by atomic mass is 10.00. The number of halogens is 3. The van der Waals surface area contributed by atoms with Gasteiger partial charge in [0.25, 0.3) is 0 Å². The highest BCUT2D eigenvalue weighted by molar-refractivity contribution is 7.92. The van der Waals surface area contributed by atoms with Crippen molar-refractivity contribution in [2.45, 2.75) is 18.3 Å². The molecule has 196 valence electrons. The molecule has 0 saturated carbocycles. The van der Waals surface area contributed by atoms with Gasteiger partial charge < -0.3 is 5.73 Å². The van der Waals surface area contributed by atoms with Crippen LogP contribution in [-0.2, 0) is 41.4 Å². The SMILES string of the molecule is CS(=O)(=O)Nc1cc(NS(C)(=O)=O)cc(-c2cccc(CCC(N)=O)c2)c1.O=S(=O)(O)C(F)(F)F. The average molecular weight is 562 g/mol. The molecular formula is C18H22F3N3O8S3. The Hall–Kier alpha value is -2.89. The second-order valence-corrected chi connectivity index (χ2v) is 12.0. The molecule has 0 aromatic heterocycles. The van der Waals surface area contributed by atoms with Gasteiger partial charge in [0.1, 0.15) is 0 Å². The molecule has 5 N–H and O–H groups in total. The van der Waals surface area contributed by atoms with Crippen LogP contribution in [0.25, 0.3) is 11.1 Å². The summed E-state index contributed by atoms with van der Waals surface area (Å²) in [5.74, 6) is -0.403. The van der Waals surface area contributed by atoms with Gasteiger partial charge in [0.05, 0.1) is 23.9 Å². The van der Waals surface area contributed by atoms with Crippen LogP contribution in [0.1, 0.15) is 12.0 Å². The molecule has 0 heterocycles. The number of hydrogen-bond donors (Lipinski definition) is 4. The predicted octanol–water partition coefficient (Wildman–Crippen LogP) is 1.91. The Kier molecular flexibility index (Phi) is 9.67. The summed E-state index contributed by atoms with van der Waals surface area (Å²) in [6.45, 7) is 0. The molecule has 17 heteroatoms. The van der Waals surface area contributed by atoms with Crippen LogP contribution in [0, 0.1) is 0 Å². The summed E-state index contributed by atoms with van der Waals surface area (Å²) in [5.41, 5.74) is 2.32. The summed E-state index contributed by atoms with van der Waals surface area (Å²) < 4.78 is 108. The molecular weight excluding hydrogens is 539 g/mol. The average Bonchev–Trinajstić information content (AvgIpc) is 2.62. The number of alkyl halides is 3. The number of primary amides is 1. The van der Waals surface area contributed by atoms with Gasteiger partial charge >= 0.3 is 15.6 Å². The minimum atomic E-state index is -5.84. The van der Waals surface area contributed by atoms with E-state index < -0.39 is 41.6 Å². The quantitative estimate of drug-likeness (QED) is 0.277. The molecule has 0 aliphatic rings. The number of nitrogens with one attached hydrogen (secondary N) is 2. The van der Waals surface area contributed by atoms with Crippen molar-refractivity contribution >= 4 is 47.4 Å². The van der Waals surface area contributed by atoms with E-state index in [1.54, 1.807) is 24.3 Å². The van der Waals surface area contributed by atoms with E-state index in [9.17, 15) is 34.8 Å². The zero-order chi connectivity index (χ0) is 27.2. The summed E-state index contributed by atoms with van der Waals surface area (Å²) in [5, 5.41) is 0. The lowest BCUT2D eigenvalue weighted by molar-refractivity contribution is -0.118. The number of carbonyl (C=O) groups excluding carboxylic acids is 1. The summed E-state index contributed by atoms with van der Waals surface area (Å²) >= 11 is 0. The third-order valence-corrected chi connectivity index (χ3v) is 5.55. The first-order valence-corrected chi connectivity index (χ1v) is 14.4. The maximum Gasteiger partial charge on any atom is 0.522 e. The van der Waals surface area contributed by atoms with E-state index in [-0.39, 0.29) is 17.8 Å². The van der Waals surface area contributed by atoms with E-state index >= 15 is 0 Å². The molecule has 0 radical (unpaired) electrons. The predicted molar refractivity (Wildman–Crippen MR) is 124 cm³/mol. The second kappa shape index (κ2) is 11.2. The van der Waals surface area contributed by atoms with E-state index in [0.717, 1.165) is 23.6 Å². The molecule has 2 rings (SSSR count). The monoisotopic (exact) mass is 561 g/mol. The number of amides is 1. The van der Waals surface area contributed by atoms with Crippen molar-refractivity contribution in [3.8, 4) is 11.1 Å². The molecule has 0 bridgehead atoms. The van der Waals surface area contributed by atoms with Crippen molar-refractivity contribution in [2.24, 2.45) is 5.73 Å². The van der Waals surface area contributed by atoms with Crippen LogP contribution in [0.3, 0.4) is 0 Å². The van der Waals surface area contributed by atoms with Crippen molar-refractivity contribution in [3.63, 3.8) is 0 Å². The van der Waals surface area contributed by atoms with Crippen LogP contribution in [0.2, 0.25) is 0 Å². The first-order chi connectivity index (χ1) is 15.7. The van der Waals surface area contributed by atoms with Crippen molar-refractivity contribution in [1.29, 1.82) is 0 Å². The highest BCUT2D eigenvalue weighted by Gasteiger charge is 2.44. The largest absolute Gasteiger partial charge is 0.522 e. The molecule has 0 aliphatic carbocycles. The summed E-state index contributed by atoms with van der Waals surface area (Å²) in [6.07, 6.45) is 2.69. The van der Waals surface area contributed by atoms with Gasteiger partial charge in [-0.05, 0) is 41.3 Å². The fourth-order valence-corrected chi connectivity index (χ4v) is 3.61. The minimum Gasteiger partial charge on any atom is -0.370 e. The fourth-order valence-electron chi connectivity index (χ4n) is 2.51. The second-order valence-electron chi connectivity index (χ2n) is 7.13. The number of hydrogen-bond acceptors (Lipinski definition) is 7. The smallest absolute Gasteiger partial charge is 0.370 e. The van der Waals surface area contributed by atoms with Crippen LogP contribution in [0.5, 0.6) is 0 Å². The third kappa shape index (κ3) is 11.9. The minimum absolute atomic E-state index is 0.208. The first kappa shape index (κ1) is 30.1. The maximum atomic E-state index is 11.6. The Balaban J connectivity index is 0.000000658. The zero-order valence-corrected chi connectivity index (χ0v) is 20.6. The Morgan fingerprint density at radius 3 is 1.71 bits per heavy atom. The molecule has 0 spiro atoms. The van der Waals surface area contributed by atoms with Crippen molar-refractivity contribution in [1.82, 2.24) is 0 Å². The van der Waals surface area contributed by atoms with Crippen molar-refractivity contribution in [3.05, 3.63) is 48.0 Å². The Morgan fingerprint density at radius 2 is 1.34 bits per heavy atom. The molecule has 0 unspecified atom stereocenters. The van der Waals surface area contributed by atoms with Crippen molar-refractivity contribution < 1.29 is 47.8 Å².